The van der Waals surface area contributed by atoms with E-state index in [-0.39, 0.29) is 23.4 Å². The van der Waals surface area contributed by atoms with E-state index >= 15 is 0 Å². The SMILES string of the molecule is CC(C)N1CCOc2c(F)cc(-c3nc(Nc4ccn(C5CCC(N(C)C)CC5)n4)ncc3F)cc21. The molecule has 0 radical (unpaired) electrons. The summed E-state index contributed by atoms with van der Waals surface area (Å²) in [6.07, 6.45) is 7.47. The second-order valence-corrected chi connectivity index (χ2v) is 10.1. The molecule has 1 aromatic carbocycles. The van der Waals surface area contributed by atoms with Crippen molar-refractivity contribution in [3.05, 3.63) is 42.2 Å². The Labute approximate surface area is 210 Å². The first-order valence-electron chi connectivity index (χ1n) is 12.5. The molecule has 1 saturated carbocycles. The lowest BCUT2D eigenvalue weighted by atomic mass is 9.91. The third-order valence-electron chi connectivity index (χ3n) is 7.17. The molecule has 0 spiro atoms. The Morgan fingerprint density at radius 3 is 2.61 bits per heavy atom. The Kier molecular flexibility index (Phi) is 6.79. The summed E-state index contributed by atoms with van der Waals surface area (Å²) < 4.78 is 37.3. The fourth-order valence-electron chi connectivity index (χ4n) is 5.17. The molecule has 1 aliphatic heterocycles. The number of anilines is 3. The molecule has 1 N–H and O–H groups in total. The average molecular weight is 498 g/mol. The number of ether oxygens (including phenoxy) is 1. The molecule has 0 amide bonds. The highest BCUT2D eigenvalue weighted by molar-refractivity contribution is 5.73. The number of hydrogen-bond donors (Lipinski definition) is 1. The Morgan fingerprint density at radius 2 is 1.89 bits per heavy atom. The summed E-state index contributed by atoms with van der Waals surface area (Å²) in [5, 5.41) is 7.73. The summed E-state index contributed by atoms with van der Waals surface area (Å²) in [5.41, 5.74) is 0.944. The second-order valence-electron chi connectivity index (χ2n) is 10.1. The predicted octanol–water partition coefficient (Wildman–Crippen LogP) is 5.01. The van der Waals surface area contributed by atoms with Crippen LogP contribution in [0.4, 0.5) is 26.2 Å². The molecule has 36 heavy (non-hydrogen) atoms. The van der Waals surface area contributed by atoms with Gasteiger partial charge in [0.2, 0.25) is 5.95 Å². The molecule has 1 fully saturated rings. The highest BCUT2D eigenvalue weighted by atomic mass is 19.1. The van der Waals surface area contributed by atoms with Crippen LogP contribution in [0.2, 0.25) is 0 Å². The van der Waals surface area contributed by atoms with Crippen molar-refractivity contribution in [3.8, 4) is 17.0 Å². The second kappa shape index (κ2) is 10.0. The highest BCUT2D eigenvalue weighted by Crippen LogP contribution is 2.39. The molecular weight excluding hydrogens is 464 g/mol. The van der Waals surface area contributed by atoms with Gasteiger partial charge in [-0.25, -0.2) is 18.7 Å². The van der Waals surface area contributed by atoms with Crippen LogP contribution in [0.1, 0.15) is 45.6 Å². The van der Waals surface area contributed by atoms with Crippen LogP contribution in [0.3, 0.4) is 0 Å². The van der Waals surface area contributed by atoms with Gasteiger partial charge in [-0.15, -0.1) is 0 Å². The minimum Gasteiger partial charge on any atom is -0.486 e. The summed E-state index contributed by atoms with van der Waals surface area (Å²) >= 11 is 0. The minimum atomic E-state index is -0.629. The number of benzene rings is 1. The molecule has 2 aliphatic rings. The largest absolute Gasteiger partial charge is 0.486 e. The van der Waals surface area contributed by atoms with Gasteiger partial charge in [0.1, 0.15) is 12.3 Å². The van der Waals surface area contributed by atoms with Gasteiger partial charge in [-0.05, 0) is 65.8 Å². The Hall–Kier alpha value is -3.27. The molecule has 8 nitrogen and oxygen atoms in total. The van der Waals surface area contributed by atoms with Gasteiger partial charge >= 0.3 is 0 Å². The van der Waals surface area contributed by atoms with Crippen molar-refractivity contribution >= 4 is 17.5 Å². The Morgan fingerprint density at radius 1 is 1.11 bits per heavy atom. The standard InChI is InChI=1S/C26H33F2N7O/c1-16(2)34-11-12-36-25-20(27)13-17(14-22(25)34)24-21(28)15-29-26(31-24)30-23-9-10-35(32-23)19-7-5-18(6-8-19)33(3)4/h9-10,13-16,18-19H,5-8,11-12H2,1-4H3,(H,29,30,31,32). The van der Waals surface area contributed by atoms with Crippen LogP contribution in [0.25, 0.3) is 11.3 Å². The van der Waals surface area contributed by atoms with Crippen LogP contribution >= 0.6 is 0 Å². The number of fused-ring (bicyclic) bond motifs is 1. The predicted molar refractivity (Wildman–Crippen MR) is 136 cm³/mol. The topological polar surface area (TPSA) is 71.3 Å². The van der Waals surface area contributed by atoms with E-state index in [0.717, 1.165) is 31.9 Å². The van der Waals surface area contributed by atoms with E-state index in [9.17, 15) is 8.78 Å². The Bertz CT molecular complexity index is 1220. The van der Waals surface area contributed by atoms with Crippen LogP contribution in [0.15, 0.2) is 30.6 Å². The molecule has 3 aromatic rings. The summed E-state index contributed by atoms with van der Waals surface area (Å²) in [6, 6.07) is 5.96. The number of rotatable bonds is 6. The van der Waals surface area contributed by atoms with E-state index in [0.29, 0.717) is 42.3 Å². The summed E-state index contributed by atoms with van der Waals surface area (Å²) in [4.78, 5) is 12.8. The zero-order chi connectivity index (χ0) is 25.4. The molecule has 192 valence electrons. The molecule has 3 heterocycles. The van der Waals surface area contributed by atoms with E-state index < -0.39 is 11.6 Å². The van der Waals surface area contributed by atoms with Crippen molar-refractivity contribution in [1.29, 1.82) is 0 Å². The first-order chi connectivity index (χ1) is 17.3. The molecular formula is C26H33F2N7O. The lowest BCUT2D eigenvalue weighted by Gasteiger charge is -2.34. The maximum absolute atomic E-state index is 14.9. The third-order valence-corrected chi connectivity index (χ3v) is 7.17. The normalized spacial score (nSPS) is 19.9. The number of nitrogens with one attached hydrogen (secondary N) is 1. The summed E-state index contributed by atoms with van der Waals surface area (Å²) in [7, 11) is 4.26. The lowest BCUT2D eigenvalue weighted by Crippen LogP contribution is -2.38. The average Bonchev–Trinajstić information content (AvgIpc) is 3.33. The molecule has 1 aliphatic carbocycles. The Balaban J connectivity index is 1.36. The fourth-order valence-corrected chi connectivity index (χ4v) is 5.17. The summed E-state index contributed by atoms with van der Waals surface area (Å²) in [5.74, 6) is -0.197. The molecule has 10 heteroatoms. The van der Waals surface area contributed by atoms with Crippen LogP contribution in [-0.2, 0) is 0 Å². The molecule has 0 bridgehead atoms. The van der Waals surface area contributed by atoms with Crippen molar-refractivity contribution in [3.63, 3.8) is 0 Å². The summed E-state index contributed by atoms with van der Waals surface area (Å²) in [6.45, 7) is 5.09. The lowest BCUT2D eigenvalue weighted by molar-refractivity contribution is 0.189. The van der Waals surface area contributed by atoms with Crippen molar-refractivity contribution in [2.24, 2.45) is 0 Å². The number of hydrogen-bond acceptors (Lipinski definition) is 7. The maximum Gasteiger partial charge on any atom is 0.229 e. The molecule has 5 rings (SSSR count). The van der Waals surface area contributed by atoms with Crippen molar-refractivity contribution in [2.75, 3.05) is 37.5 Å². The van der Waals surface area contributed by atoms with Gasteiger partial charge in [-0.2, -0.15) is 5.10 Å². The maximum atomic E-state index is 14.9. The van der Waals surface area contributed by atoms with Crippen LogP contribution in [0.5, 0.6) is 5.75 Å². The van der Waals surface area contributed by atoms with Crippen LogP contribution in [-0.4, -0.2) is 64.0 Å². The van der Waals surface area contributed by atoms with Crippen molar-refractivity contribution < 1.29 is 13.5 Å². The first kappa shape index (κ1) is 24.4. The van der Waals surface area contributed by atoms with Crippen LogP contribution in [0, 0.1) is 11.6 Å². The van der Waals surface area contributed by atoms with E-state index in [4.69, 9.17) is 4.74 Å². The zero-order valence-corrected chi connectivity index (χ0v) is 21.2. The van der Waals surface area contributed by atoms with Gasteiger partial charge in [0.05, 0.1) is 24.5 Å². The molecule has 0 saturated heterocycles. The first-order valence-corrected chi connectivity index (χ1v) is 12.5. The van der Waals surface area contributed by atoms with Crippen LogP contribution < -0.4 is 15.0 Å². The van der Waals surface area contributed by atoms with Gasteiger partial charge in [0.15, 0.2) is 23.2 Å². The molecule has 2 aromatic heterocycles. The monoisotopic (exact) mass is 497 g/mol. The zero-order valence-electron chi connectivity index (χ0n) is 21.2. The molecule has 0 atom stereocenters. The highest BCUT2D eigenvalue weighted by Gasteiger charge is 2.26. The van der Waals surface area contributed by atoms with E-state index in [2.05, 4.69) is 39.4 Å². The number of halogens is 2. The fraction of sp³-hybridized carbons (Fsp3) is 0.500. The smallest absolute Gasteiger partial charge is 0.229 e. The minimum absolute atomic E-state index is 0.0184. The number of aromatic nitrogens is 4. The van der Waals surface area contributed by atoms with Gasteiger partial charge in [0, 0.05) is 29.9 Å². The third kappa shape index (κ3) is 4.86. The van der Waals surface area contributed by atoms with Gasteiger partial charge in [0.25, 0.3) is 0 Å². The van der Waals surface area contributed by atoms with E-state index in [1.807, 2.05) is 35.7 Å². The van der Waals surface area contributed by atoms with E-state index in [1.165, 1.54) is 6.07 Å². The van der Waals surface area contributed by atoms with Gasteiger partial charge < -0.3 is 19.9 Å². The van der Waals surface area contributed by atoms with Crippen molar-refractivity contribution in [1.82, 2.24) is 24.6 Å². The number of nitrogens with zero attached hydrogens (tertiary/aromatic N) is 6. The van der Waals surface area contributed by atoms with Crippen molar-refractivity contribution in [2.45, 2.75) is 57.7 Å². The quantitative estimate of drug-likeness (QED) is 0.513. The van der Waals surface area contributed by atoms with Gasteiger partial charge in [-0.3, -0.25) is 4.68 Å². The molecule has 0 unspecified atom stereocenters. The van der Waals surface area contributed by atoms with E-state index in [1.54, 1.807) is 6.07 Å². The van der Waals surface area contributed by atoms with Gasteiger partial charge in [-0.1, -0.05) is 0 Å².